The SMILES string of the molecule is Nc1nc(SCOCC(F)(F)F)nc2sccc12. The van der Waals surface area contributed by atoms with E-state index in [1.807, 2.05) is 5.38 Å². The number of fused-ring (bicyclic) bond motifs is 1. The molecule has 9 heteroatoms. The van der Waals surface area contributed by atoms with Crippen LogP contribution in [0.5, 0.6) is 0 Å². The Labute approximate surface area is 108 Å². The van der Waals surface area contributed by atoms with E-state index < -0.39 is 12.8 Å². The largest absolute Gasteiger partial charge is 0.411 e. The standard InChI is InChI=1S/C9H8F3N3OS2/c10-9(11,12)3-16-4-18-8-14-6(13)5-1-2-17-7(5)15-8/h1-2H,3-4H2,(H2,13,14,15). The molecule has 0 aliphatic rings. The molecule has 4 nitrogen and oxygen atoms in total. The summed E-state index contributed by atoms with van der Waals surface area (Å²) in [7, 11) is 0. The Hall–Kier alpha value is -1.06. The van der Waals surface area contributed by atoms with E-state index >= 15 is 0 Å². The summed E-state index contributed by atoms with van der Waals surface area (Å²) in [5.41, 5.74) is 5.70. The maximum Gasteiger partial charge on any atom is 0.411 e. The van der Waals surface area contributed by atoms with E-state index in [1.165, 1.54) is 11.3 Å². The van der Waals surface area contributed by atoms with Gasteiger partial charge in [0.15, 0.2) is 5.16 Å². The second kappa shape index (κ2) is 5.29. The first-order valence-corrected chi connectivity index (χ1v) is 6.60. The maximum absolute atomic E-state index is 11.8. The van der Waals surface area contributed by atoms with Gasteiger partial charge in [0, 0.05) is 0 Å². The van der Waals surface area contributed by atoms with E-state index in [1.54, 1.807) is 6.07 Å². The minimum Gasteiger partial charge on any atom is -0.383 e. The van der Waals surface area contributed by atoms with Crippen molar-refractivity contribution in [3.8, 4) is 0 Å². The highest BCUT2D eigenvalue weighted by molar-refractivity contribution is 7.99. The van der Waals surface area contributed by atoms with Crippen molar-refractivity contribution in [3.63, 3.8) is 0 Å². The van der Waals surface area contributed by atoms with Crippen LogP contribution in [0.1, 0.15) is 0 Å². The fourth-order valence-electron chi connectivity index (χ4n) is 1.17. The number of alkyl halides is 3. The molecule has 2 aromatic heterocycles. The Morgan fingerprint density at radius 1 is 1.39 bits per heavy atom. The summed E-state index contributed by atoms with van der Waals surface area (Å²) in [6.45, 7) is -1.28. The second-order valence-electron chi connectivity index (χ2n) is 3.26. The van der Waals surface area contributed by atoms with Gasteiger partial charge >= 0.3 is 6.18 Å². The van der Waals surface area contributed by atoms with E-state index in [2.05, 4.69) is 14.7 Å². The molecule has 0 atom stereocenters. The third-order valence-corrected chi connectivity index (χ3v) is 3.40. The van der Waals surface area contributed by atoms with Crippen LogP contribution in [0.2, 0.25) is 0 Å². The summed E-state index contributed by atoms with van der Waals surface area (Å²) in [6, 6.07) is 1.80. The molecule has 2 heterocycles. The van der Waals surface area contributed by atoms with Crippen molar-refractivity contribution < 1.29 is 17.9 Å². The van der Waals surface area contributed by atoms with Gasteiger partial charge in [-0.1, -0.05) is 11.8 Å². The van der Waals surface area contributed by atoms with Crippen LogP contribution >= 0.6 is 23.1 Å². The van der Waals surface area contributed by atoms with Crippen molar-refractivity contribution in [1.29, 1.82) is 0 Å². The lowest BCUT2D eigenvalue weighted by Crippen LogP contribution is -2.16. The van der Waals surface area contributed by atoms with Crippen molar-refractivity contribution in [1.82, 2.24) is 9.97 Å². The fourth-order valence-corrected chi connectivity index (χ4v) is 2.59. The number of nitrogens with two attached hydrogens (primary N) is 1. The first-order chi connectivity index (χ1) is 8.46. The summed E-state index contributed by atoms with van der Waals surface area (Å²) in [5, 5.41) is 2.88. The number of nitrogens with zero attached hydrogens (tertiary/aromatic N) is 2. The average Bonchev–Trinajstić information content (AvgIpc) is 2.71. The summed E-state index contributed by atoms with van der Waals surface area (Å²) < 4.78 is 39.9. The quantitative estimate of drug-likeness (QED) is 0.407. The van der Waals surface area contributed by atoms with Crippen LogP contribution in [-0.2, 0) is 4.74 Å². The molecule has 0 radical (unpaired) electrons. The Morgan fingerprint density at radius 2 is 2.17 bits per heavy atom. The van der Waals surface area contributed by atoms with Gasteiger partial charge < -0.3 is 10.5 Å². The number of nitrogen functional groups attached to an aromatic ring is 1. The second-order valence-corrected chi connectivity index (χ2v) is 5.04. The first-order valence-electron chi connectivity index (χ1n) is 4.74. The first kappa shape index (κ1) is 13.4. The number of rotatable bonds is 4. The van der Waals surface area contributed by atoms with E-state index in [9.17, 15) is 13.2 Å². The van der Waals surface area contributed by atoms with Gasteiger partial charge in [0.05, 0.1) is 5.39 Å². The number of thioether (sulfide) groups is 1. The molecule has 2 aromatic rings. The molecular weight excluding hydrogens is 287 g/mol. The highest BCUT2D eigenvalue weighted by atomic mass is 32.2. The molecule has 0 saturated carbocycles. The van der Waals surface area contributed by atoms with Gasteiger partial charge in [0.1, 0.15) is 23.2 Å². The molecule has 0 spiro atoms. The third-order valence-electron chi connectivity index (χ3n) is 1.87. The van der Waals surface area contributed by atoms with Crippen LogP contribution in [0.25, 0.3) is 10.2 Å². The normalized spacial score (nSPS) is 12.2. The van der Waals surface area contributed by atoms with Gasteiger partial charge in [-0.05, 0) is 11.4 Å². The van der Waals surface area contributed by atoms with E-state index in [4.69, 9.17) is 5.73 Å². The molecule has 2 rings (SSSR count). The van der Waals surface area contributed by atoms with Crippen molar-refractivity contribution >= 4 is 39.1 Å². The van der Waals surface area contributed by atoms with Crippen molar-refractivity contribution in [2.45, 2.75) is 11.3 Å². The van der Waals surface area contributed by atoms with Crippen LogP contribution in [0, 0.1) is 0 Å². The highest BCUT2D eigenvalue weighted by Crippen LogP contribution is 2.26. The smallest absolute Gasteiger partial charge is 0.383 e. The summed E-state index contributed by atoms with van der Waals surface area (Å²) in [5.74, 6) is 0.148. The molecule has 0 bridgehead atoms. The molecule has 0 amide bonds. The zero-order chi connectivity index (χ0) is 13.2. The number of ether oxygens (including phenoxy) is 1. The molecule has 98 valence electrons. The fraction of sp³-hybridized carbons (Fsp3) is 0.333. The minimum absolute atomic E-state index is 0.171. The molecule has 18 heavy (non-hydrogen) atoms. The molecule has 0 aliphatic heterocycles. The lowest BCUT2D eigenvalue weighted by molar-refractivity contribution is -0.168. The zero-order valence-corrected chi connectivity index (χ0v) is 10.5. The van der Waals surface area contributed by atoms with Gasteiger partial charge in [0.2, 0.25) is 0 Å². The Bertz CT molecular complexity index is 543. The lowest BCUT2D eigenvalue weighted by Gasteiger charge is -2.06. The van der Waals surface area contributed by atoms with Crippen LogP contribution in [-0.4, -0.2) is 28.7 Å². The topological polar surface area (TPSA) is 61.0 Å². The van der Waals surface area contributed by atoms with Gasteiger partial charge in [0.25, 0.3) is 0 Å². The van der Waals surface area contributed by atoms with E-state index in [0.717, 1.165) is 17.1 Å². The van der Waals surface area contributed by atoms with Crippen molar-refractivity contribution in [2.75, 3.05) is 18.3 Å². The highest BCUT2D eigenvalue weighted by Gasteiger charge is 2.27. The summed E-state index contributed by atoms with van der Waals surface area (Å²) >= 11 is 2.37. The summed E-state index contributed by atoms with van der Waals surface area (Å²) in [4.78, 5) is 8.85. The van der Waals surface area contributed by atoms with Crippen LogP contribution in [0.3, 0.4) is 0 Å². The third kappa shape index (κ3) is 3.47. The average molecular weight is 295 g/mol. The monoisotopic (exact) mass is 295 g/mol. The van der Waals surface area contributed by atoms with Gasteiger partial charge in [-0.15, -0.1) is 11.3 Å². The molecule has 0 saturated heterocycles. The number of hydrogen-bond acceptors (Lipinski definition) is 6. The summed E-state index contributed by atoms with van der Waals surface area (Å²) in [6.07, 6.45) is -4.32. The Kier molecular flexibility index (Phi) is 3.93. The van der Waals surface area contributed by atoms with Gasteiger partial charge in [-0.3, -0.25) is 0 Å². The predicted octanol–water partition coefficient (Wildman–Crippen LogP) is 2.90. The van der Waals surface area contributed by atoms with E-state index in [-0.39, 0.29) is 5.94 Å². The predicted molar refractivity (Wildman–Crippen MR) is 64.6 cm³/mol. The van der Waals surface area contributed by atoms with Crippen molar-refractivity contribution in [3.05, 3.63) is 11.4 Å². The molecule has 0 fully saturated rings. The molecular formula is C9H8F3N3OS2. The number of aromatic nitrogens is 2. The maximum atomic E-state index is 11.8. The number of halogens is 3. The molecule has 2 N–H and O–H groups in total. The number of anilines is 1. The Morgan fingerprint density at radius 3 is 2.89 bits per heavy atom. The number of thiophene rings is 1. The van der Waals surface area contributed by atoms with Crippen molar-refractivity contribution in [2.24, 2.45) is 0 Å². The van der Waals surface area contributed by atoms with Gasteiger partial charge in [-0.2, -0.15) is 13.2 Å². The van der Waals surface area contributed by atoms with Gasteiger partial charge in [-0.25, -0.2) is 9.97 Å². The van der Waals surface area contributed by atoms with Crippen LogP contribution < -0.4 is 5.73 Å². The minimum atomic E-state index is -4.32. The zero-order valence-electron chi connectivity index (χ0n) is 8.90. The Balaban J connectivity index is 1.95. The van der Waals surface area contributed by atoms with Crippen LogP contribution in [0.15, 0.2) is 16.6 Å². The van der Waals surface area contributed by atoms with Crippen LogP contribution in [0.4, 0.5) is 19.0 Å². The van der Waals surface area contributed by atoms with E-state index in [0.29, 0.717) is 15.8 Å². The molecule has 0 aromatic carbocycles. The lowest BCUT2D eigenvalue weighted by atomic mass is 10.4. The molecule has 0 aliphatic carbocycles. The number of hydrogen-bond donors (Lipinski definition) is 1. The molecule has 0 unspecified atom stereocenters.